The molecule has 3 N–H and O–H groups in total. The molecule has 4 aromatic rings. The summed E-state index contributed by atoms with van der Waals surface area (Å²) >= 11 is 0. The molecule has 0 aliphatic carbocycles. The molecule has 200 valence electrons. The number of alkyl halides is 3. The molecule has 10 nitrogen and oxygen atoms in total. The van der Waals surface area contributed by atoms with Gasteiger partial charge in [-0.3, -0.25) is 4.90 Å². The number of imidazole rings is 1. The zero-order valence-electron chi connectivity index (χ0n) is 20.0. The van der Waals surface area contributed by atoms with Crippen molar-refractivity contribution < 1.29 is 26.3 Å². The van der Waals surface area contributed by atoms with Gasteiger partial charge in [-0.25, -0.2) is 27.6 Å². The third-order valence-electron chi connectivity index (χ3n) is 6.17. The Morgan fingerprint density at radius 2 is 1.74 bits per heavy atom. The molecule has 0 bridgehead atoms. The summed E-state index contributed by atoms with van der Waals surface area (Å²) < 4.78 is 74.7. The molecule has 38 heavy (non-hydrogen) atoms. The van der Waals surface area contributed by atoms with E-state index in [0.717, 1.165) is 19.2 Å². The molecule has 0 amide bonds. The van der Waals surface area contributed by atoms with Crippen LogP contribution in [0.25, 0.3) is 28.2 Å². The summed E-state index contributed by atoms with van der Waals surface area (Å²) in [6, 6.07) is 10.3. The number of sulfonamides is 1. The van der Waals surface area contributed by atoms with Gasteiger partial charge in [-0.1, -0.05) is 12.1 Å². The maximum absolute atomic E-state index is 13.3. The number of benzene rings is 1. The van der Waals surface area contributed by atoms with Crippen molar-refractivity contribution in [3.63, 3.8) is 0 Å². The molecule has 3 aromatic heterocycles. The van der Waals surface area contributed by atoms with Crippen molar-refractivity contribution in [2.24, 2.45) is 0 Å². The minimum absolute atomic E-state index is 0.110. The first kappa shape index (κ1) is 26.0. The SMILES string of the molecule is Nc1ncc(-c2ccc3ncc(-c4ccc(S(=O)(=O)NCCN5CCOCC5)cc4)n3n2)cc1C(F)(F)F. The predicted octanol–water partition coefficient (Wildman–Crippen LogP) is 2.67. The Balaban J connectivity index is 1.37. The van der Waals surface area contributed by atoms with Crippen molar-refractivity contribution in [3.8, 4) is 22.5 Å². The van der Waals surface area contributed by atoms with Gasteiger partial charge in [-0.15, -0.1) is 0 Å². The Labute approximate surface area is 216 Å². The van der Waals surface area contributed by atoms with E-state index in [2.05, 4.69) is 24.7 Å². The van der Waals surface area contributed by atoms with E-state index in [1.807, 2.05) is 0 Å². The van der Waals surface area contributed by atoms with E-state index in [-0.39, 0.29) is 22.7 Å². The first-order valence-corrected chi connectivity index (χ1v) is 13.2. The van der Waals surface area contributed by atoms with Gasteiger partial charge in [0.2, 0.25) is 10.0 Å². The van der Waals surface area contributed by atoms with Gasteiger partial charge in [0.25, 0.3) is 0 Å². The maximum Gasteiger partial charge on any atom is 0.419 e. The first-order valence-electron chi connectivity index (χ1n) is 11.7. The van der Waals surface area contributed by atoms with Gasteiger partial charge in [0.15, 0.2) is 5.65 Å². The van der Waals surface area contributed by atoms with Crippen LogP contribution in [-0.2, 0) is 20.9 Å². The summed E-state index contributed by atoms with van der Waals surface area (Å²) in [7, 11) is -3.71. The van der Waals surface area contributed by atoms with Gasteiger partial charge in [-0.05, 0) is 30.3 Å². The molecule has 1 fully saturated rings. The molecule has 1 aliphatic rings. The molecule has 5 rings (SSSR count). The van der Waals surface area contributed by atoms with Crippen LogP contribution in [0.15, 0.2) is 59.8 Å². The highest BCUT2D eigenvalue weighted by molar-refractivity contribution is 7.89. The molecule has 0 saturated carbocycles. The number of fused-ring (bicyclic) bond motifs is 1. The molecule has 1 aromatic carbocycles. The number of hydrogen-bond donors (Lipinski definition) is 2. The van der Waals surface area contributed by atoms with Crippen LogP contribution in [0.4, 0.5) is 19.0 Å². The molecular weight excluding hydrogens is 523 g/mol. The van der Waals surface area contributed by atoms with E-state index in [9.17, 15) is 21.6 Å². The fraction of sp³-hybridized carbons (Fsp3) is 0.292. The minimum Gasteiger partial charge on any atom is -0.383 e. The summed E-state index contributed by atoms with van der Waals surface area (Å²) in [6.45, 7) is 3.68. The smallest absolute Gasteiger partial charge is 0.383 e. The molecular formula is C24H24F3N7O3S. The van der Waals surface area contributed by atoms with Gasteiger partial charge in [0.05, 0.1) is 41.3 Å². The Bertz CT molecular complexity index is 1550. The fourth-order valence-electron chi connectivity index (χ4n) is 4.12. The van der Waals surface area contributed by atoms with Crippen molar-refractivity contribution in [1.29, 1.82) is 0 Å². The number of nitrogen functional groups attached to an aromatic ring is 1. The molecule has 0 radical (unpaired) electrons. The number of aromatic nitrogens is 4. The summed E-state index contributed by atoms with van der Waals surface area (Å²) in [5, 5.41) is 4.45. The number of morpholine rings is 1. The van der Waals surface area contributed by atoms with Crippen LogP contribution in [0, 0.1) is 0 Å². The predicted molar refractivity (Wildman–Crippen MR) is 134 cm³/mol. The van der Waals surface area contributed by atoms with Crippen molar-refractivity contribution in [2.75, 3.05) is 45.1 Å². The number of pyridine rings is 1. The zero-order valence-corrected chi connectivity index (χ0v) is 20.8. The average Bonchev–Trinajstić information content (AvgIpc) is 3.32. The Morgan fingerprint density at radius 3 is 2.45 bits per heavy atom. The van der Waals surface area contributed by atoms with Crippen molar-refractivity contribution in [2.45, 2.75) is 11.1 Å². The topological polar surface area (TPSA) is 128 Å². The van der Waals surface area contributed by atoms with Crippen molar-refractivity contribution >= 4 is 21.5 Å². The third kappa shape index (κ3) is 5.48. The zero-order chi connectivity index (χ0) is 26.9. The summed E-state index contributed by atoms with van der Waals surface area (Å²) in [5.41, 5.74) is 6.36. The van der Waals surface area contributed by atoms with Crippen LogP contribution in [0.1, 0.15) is 5.56 Å². The highest BCUT2D eigenvalue weighted by atomic mass is 32.2. The number of nitrogens with zero attached hydrogens (tertiary/aromatic N) is 5. The van der Waals surface area contributed by atoms with E-state index < -0.39 is 27.6 Å². The van der Waals surface area contributed by atoms with Crippen LogP contribution in [0.2, 0.25) is 0 Å². The van der Waals surface area contributed by atoms with Gasteiger partial charge >= 0.3 is 6.18 Å². The number of nitrogens with one attached hydrogen (secondary N) is 1. The lowest BCUT2D eigenvalue weighted by Gasteiger charge is -2.26. The maximum atomic E-state index is 13.3. The van der Waals surface area contributed by atoms with Crippen LogP contribution in [0.3, 0.4) is 0 Å². The largest absolute Gasteiger partial charge is 0.419 e. The number of anilines is 1. The molecule has 0 spiro atoms. The Kier molecular flexibility index (Phi) is 7.05. The minimum atomic E-state index is -4.66. The van der Waals surface area contributed by atoms with Crippen molar-refractivity contribution in [3.05, 3.63) is 60.4 Å². The number of rotatable bonds is 7. The third-order valence-corrected chi connectivity index (χ3v) is 7.64. The quantitative estimate of drug-likeness (QED) is 0.362. The Hall–Kier alpha value is -3.59. The molecule has 1 saturated heterocycles. The van der Waals surface area contributed by atoms with Crippen LogP contribution >= 0.6 is 0 Å². The van der Waals surface area contributed by atoms with Crippen LogP contribution in [-0.4, -0.2) is 72.3 Å². The first-order chi connectivity index (χ1) is 18.1. The molecule has 0 atom stereocenters. The average molecular weight is 548 g/mol. The second-order valence-electron chi connectivity index (χ2n) is 8.66. The van der Waals surface area contributed by atoms with Gasteiger partial charge in [0.1, 0.15) is 5.82 Å². The number of ether oxygens (including phenoxy) is 1. The number of nitrogens with two attached hydrogens (primary N) is 1. The highest BCUT2D eigenvalue weighted by Crippen LogP contribution is 2.35. The van der Waals surface area contributed by atoms with Crippen LogP contribution in [0.5, 0.6) is 0 Å². The lowest BCUT2D eigenvalue weighted by molar-refractivity contribution is -0.137. The van der Waals surface area contributed by atoms with E-state index in [0.29, 0.717) is 36.7 Å². The lowest BCUT2D eigenvalue weighted by Crippen LogP contribution is -2.41. The van der Waals surface area contributed by atoms with Gasteiger partial charge in [0, 0.05) is 43.5 Å². The highest BCUT2D eigenvalue weighted by Gasteiger charge is 2.34. The van der Waals surface area contributed by atoms with E-state index in [1.165, 1.54) is 28.9 Å². The number of halogens is 3. The van der Waals surface area contributed by atoms with Crippen LogP contribution < -0.4 is 10.5 Å². The lowest BCUT2D eigenvalue weighted by atomic mass is 10.1. The van der Waals surface area contributed by atoms with Gasteiger partial charge < -0.3 is 10.5 Å². The second-order valence-corrected chi connectivity index (χ2v) is 10.4. The molecule has 1 aliphatic heterocycles. The normalized spacial score (nSPS) is 15.2. The summed E-state index contributed by atoms with van der Waals surface area (Å²) in [4.78, 5) is 10.2. The molecule has 14 heteroatoms. The van der Waals surface area contributed by atoms with E-state index in [4.69, 9.17) is 10.5 Å². The molecule has 4 heterocycles. The Morgan fingerprint density at radius 1 is 1.00 bits per heavy atom. The molecule has 0 unspecified atom stereocenters. The fourth-order valence-corrected chi connectivity index (χ4v) is 5.14. The summed E-state index contributed by atoms with van der Waals surface area (Å²) in [5.74, 6) is -0.615. The van der Waals surface area contributed by atoms with Gasteiger partial charge in [-0.2, -0.15) is 18.3 Å². The van der Waals surface area contributed by atoms with E-state index in [1.54, 1.807) is 24.4 Å². The summed E-state index contributed by atoms with van der Waals surface area (Å²) in [6.07, 6.45) is -1.88. The number of hydrogen-bond acceptors (Lipinski definition) is 8. The standard InChI is InChI=1S/C24H24F3N7O3S/c25-24(26,27)19-13-17(14-30-23(19)28)20-5-6-22-29-15-21(34(22)32-20)16-1-3-18(4-2-16)38(35,36)31-7-8-33-9-11-37-12-10-33/h1-6,13-15,31H,7-12H2,(H2,28,30). The monoisotopic (exact) mass is 547 g/mol. The van der Waals surface area contributed by atoms with E-state index >= 15 is 0 Å². The second kappa shape index (κ2) is 10.3. The van der Waals surface area contributed by atoms with Crippen molar-refractivity contribution in [1.82, 2.24) is 29.2 Å².